The predicted molar refractivity (Wildman–Crippen MR) is 67.5 cm³/mol. The molecule has 0 saturated carbocycles. The molecule has 1 aromatic carbocycles. The Kier molecular flexibility index (Phi) is 3.11. The summed E-state index contributed by atoms with van der Waals surface area (Å²) in [5, 5.41) is 12.6. The van der Waals surface area contributed by atoms with Crippen LogP contribution in [0.3, 0.4) is 0 Å². The summed E-state index contributed by atoms with van der Waals surface area (Å²) in [6.07, 6.45) is 1.47. The van der Waals surface area contributed by atoms with Gasteiger partial charge in [-0.3, -0.25) is 9.89 Å². The summed E-state index contributed by atoms with van der Waals surface area (Å²) in [5.41, 5.74) is 1.78. The van der Waals surface area contributed by atoms with Crippen LogP contribution in [0.2, 0.25) is 0 Å². The number of benzene rings is 1. The molecule has 1 aromatic heterocycles. The van der Waals surface area contributed by atoms with Crippen LogP contribution in [0, 0.1) is 0 Å². The van der Waals surface area contributed by atoms with E-state index < -0.39 is 0 Å². The molecule has 7 nitrogen and oxygen atoms in total. The summed E-state index contributed by atoms with van der Waals surface area (Å²) in [6, 6.07) is 5.73. The Labute approximate surface area is 109 Å². The second-order valence-electron chi connectivity index (χ2n) is 4.20. The second kappa shape index (κ2) is 5.07. The average molecular weight is 259 g/mol. The van der Waals surface area contributed by atoms with Crippen LogP contribution in [0.25, 0.3) is 0 Å². The Hall–Kier alpha value is -2.41. The molecule has 98 valence electrons. The zero-order chi connectivity index (χ0) is 13.1. The van der Waals surface area contributed by atoms with E-state index in [1.54, 1.807) is 0 Å². The standard InChI is InChI=1S/C12H13N5O2/c18-12-6-19-10-2-1-8(3-9(10)16-12)4-13-5-11-14-7-15-17-11/h1-3,7,13H,4-6H2,(H,16,18)(H,14,15,17). The van der Waals surface area contributed by atoms with Gasteiger partial charge in [0.1, 0.15) is 17.9 Å². The summed E-state index contributed by atoms with van der Waals surface area (Å²) >= 11 is 0. The summed E-state index contributed by atoms with van der Waals surface area (Å²) in [7, 11) is 0. The zero-order valence-corrected chi connectivity index (χ0v) is 10.1. The zero-order valence-electron chi connectivity index (χ0n) is 10.1. The first-order chi connectivity index (χ1) is 9.31. The van der Waals surface area contributed by atoms with Crippen molar-refractivity contribution in [2.75, 3.05) is 11.9 Å². The molecular formula is C12H13N5O2. The monoisotopic (exact) mass is 259 g/mol. The number of fused-ring (bicyclic) bond motifs is 1. The van der Waals surface area contributed by atoms with Crippen LogP contribution < -0.4 is 15.4 Å². The van der Waals surface area contributed by atoms with E-state index in [9.17, 15) is 4.79 Å². The quantitative estimate of drug-likeness (QED) is 0.740. The molecule has 3 N–H and O–H groups in total. The van der Waals surface area contributed by atoms with Crippen LogP contribution >= 0.6 is 0 Å². The van der Waals surface area contributed by atoms with Gasteiger partial charge in [-0.25, -0.2) is 4.98 Å². The highest BCUT2D eigenvalue weighted by Gasteiger charge is 2.15. The lowest BCUT2D eigenvalue weighted by molar-refractivity contribution is -0.118. The maximum absolute atomic E-state index is 11.2. The van der Waals surface area contributed by atoms with Gasteiger partial charge in [-0.1, -0.05) is 6.07 Å². The maximum atomic E-state index is 11.2. The van der Waals surface area contributed by atoms with Crippen molar-refractivity contribution in [3.05, 3.63) is 35.9 Å². The van der Waals surface area contributed by atoms with E-state index >= 15 is 0 Å². The van der Waals surface area contributed by atoms with Gasteiger partial charge < -0.3 is 15.4 Å². The van der Waals surface area contributed by atoms with Gasteiger partial charge in [0.2, 0.25) is 0 Å². The van der Waals surface area contributed by atoms with Crippen molar-refractivity contribution in [3.8, 4) is 5.75 Å². The van der Waals surface area contributed by atoms with E-state index in [1.807, 2.05) is 18.2 Å². The number of anilines is 1. The van der Waals surface area contributed by atoms with Crippen LogP contribution in [0.15, 0.2) is 24.5 Å². The first kappa shape index (κ1) is 11.7. The number of nitrogens with zero attached hydrogens (tertiary/aromatic N) is 2. The molecule has 0 atom stereocenters. The van der Waals surface area contributed by atoms with Gasteiger partial charge in [0.15, 0.2) is 6.61 Å². The molecule has 0 spiro atoms. The van der Waals surface area contributed by atoms with Crippen molar-refractivity contribution in [1.29, 1.82) is 0 Å². The molecule has 7 heteroatoms. The number of aromatic amines is 1. The molecule has 0 aliphatic carbocycles. The van der Waals surface area contributed by atoms with Gasteiger partial charge in [0.05, 0.1) is 12.2 Å². The van der Waals surface area contributed by atoms with Crippen molar-refractivity contribution >= 4 is 11.6 Å². The number of carbonyl (C=O) groups excluding carboxylic acids is 1. The summed E-state index contributed by atoms with van der Waals surface area (Å²) in [4.78, 5) is 15.3. The van der Waals surface area contributed by atoms with Crippen molar-refractivity contribution in [1.82, 2.24) is 20.5 Å². The fourth-order valence-electron chi connectivity index (χ4n) is 1.88. The third-order valence-corrected chi connectivity index (χ3v) is 2.76. The van der Waals surface area contributed by atoms with Crippen LogP contribution in [-0.2, 0) is 17.9 Å². The molecule has 0 saturated heterocycles. The van der Waals surface area contributed by atoms with E-state index in [4.69, 9.17) is 4.74 Å². The maximum Gasteiger partial charge on any atom is 0.262 e. The Bertz CT molecular complexity index is 582. The van der Waals surface area contributed by atoms with Crippen LogP contribution in [-0.4, -0.2) is 27.7 Å². The smallest absolute Gasteiger partial charge is 0.262 e. The second-order valence-corrected chi connectivity index (χ2v) is 4.20. The number of H-pyrrole nitrogens is 1. The van der Waals surface area contributed by atoms with Crippen molar-refractivity contribution in [2.45, 2.75) is 13.1 Å². The first-order valence-corrected chi connectivity index (χ1v) is 5.92. The van der Waals surface area contributed by atoms with Gasteiger partial charge in [0, 0.05) is 6.54 Å². The lowest BCUT2D eigenvalue weighted by atomic mass is 10.1. The molecule has 0 fully saturated rings. The van der Waals surface area contributed by atoms with Crippen molar-refractivity contribution < 1.29 is 9.53 Å². The number of amides is 1. The molecule has 2 heterocycles. The Morgan fingerprint density at radius 1 is 1.37 bits per heavy atom. The highest BCUT2D eigenvalue weighted by atomic mass is 16.5. The minimum atomic E-state index is -0.126. The molecule has 0 bridgehead atoms. The number of hydrogen-bond donors (Lipinski definition) is 3. The average Bonchev–Trinajstić information content (AvgIpc) is 2.91. The van der Waals surface area contributed by atoms with E-state index in [0.29, 0.717) is 18.8 Å². The van der Waals surface area contributed by atoms with Gasteiger partial charge in [-0.2, -0.15) is 5.10 Å². The molecule has 19 heavy (non-hydrogen) atoms. The highest BCUT2D eigenvalue weighted by molar-refractivity contribution is 5.95. The molecule has 1 amide bonds. The molecule has 2 aromatic rings. The topological polar surface area (TPSA) is 91.9 Å². The molecular weight excluding hydrogens is 246 g/mol. The van der Waals surface area contributed by atoms with Gasteiger partial charge >= 0.3 is 0 Å². The van der Waals surface area contributed by atoms with Crippen LogP contribution in [0.4, 0.5) is 5.69 Å². The van der Waals surface area contributed by atoms with E-state index in [2.05, 4.69) is 25.8 Å². The first-order valence-electron chi connectivity index (χ1n) is 5.92. The Morgan fingerprint density at radius 3 is 3.16 bits per heavy atom. The SMILES string of the molecule is O=C1COc2ccc(CNCc3ncn[nH]3)cc2N1. The largest absolute Gasteiger partial charge is 0.482 e. The van der Waals surface area contributed by atoms with Gasteiger partial charge in [-0.05, 0) is 17.7 Å². The fourth-order valence-corrected chi connectivity index (χ4v) is 1.88. The number of rotatable bonds is 4. The Morgan fingerprint density at radius 2 is 2.32 bits per heavy atom. The summed E-state index contributed by atoms with van der Waals surface area (Å²) < 4.78 is 5.30. The molecule has 0 unspecified atom stereocenters. The van der Waals surface area contributed by atoms with Crippen molar-refractivity contribution in [2.24, 2.45) is 0 Å². The Balaban J connectivity index is 1.62. The molecule has 1 aliphatic rings. The molecule has 3 rings (SSSR count). The normalized spacial score (nSPS) is 13.6. The summed E-state index contributed by atoms with van der Waals surface area (Å²) in [5.74, 6) is 1.37. The lowest BCUT2D eigenvalue weighted by Gasteiger charge is -2.18. The number of ether oxygens (including phenoxy) is 1. The fraction of sp³-hybridized carbons (Fsp3) is 0.250. The number of aromatic nitrogens is 3. The number of carbonyl (C=O) groups is 1. The third kappa shape index (κ3) is 2.71. The van der Waals surface area contributed by atoms with Crippen LogP contribution in [0.1, 0.15) is 11.4 Å². The number of nitrogens with one attached hydrogen (secondary N) is 3. The minimum Gasteiger partial charge on any atom is -0.482 e. The van der Waals surface area contributed by atoms with Crippen LogP contribution in [0.5, 0.6) is 5.75 Å². The third-order valence-electron chi connectivity index (χ3n) is 2.76. The highest BCUT2D eigenvalue weighted by Crippen LogP contribution is 2.28. The van der Waals surface area contributed by atoms with E-state index in [-0.39, 0.29) is 12.5 Å². The molecule has 0 radical (unpaired) electrons. The molecule has 1 aliphatic heterocycles. The number of hydrogen-bond acceptors (Lipinski definition) is 5. The van der Waals surface area contributed by atoms with Crippen molar-refractivity contribution in [3.63, 3.8) is 0 Å². The predicted octanol–water partition coefficient (Wildman–Crippen LogP) is 0.425. The van der Waals surface area contributed by atoms with E-state index in [0.717, 1.165) is 17.1 Å². The van der Waals surface area contributed by atoms with Gasteiger partial charge in [0.25, 0.3) is 5.91 Å². The summed E-state index contributed by atoms with van der Waals surface area (Å²) in [6.45, 7) is 1.36. The lowest BCUT2D eigenvalue weighted by Crippen LogP contribution is -2.25. The van der Waals surface area contributed by atoms with Gasteiger partial charge in [-0.15, -0.1) is 0 Å². The minimum absolute atomic E-state index is 0.0795. The van der Waals surface area contributed by atoms with E-state index in [1.165, 1.54) is 6.33 Å².